The highest BCUT2D eigenvalue weighted by atomic mass is 19.1. The highest BCUT2D eigenvalue weighted by molar-refractivity contribution is 5.70. The van der Waals surface area contributed by atoms with Crippen molar-refractivity contribution in [3.63, 3.8) is 0 Å². The average Bonchev–Trinajstić information content (AvgIpc) is 2.33. The second-order valence-electron chi connectivity index (χ2n) is 4.44. The number of unbranched alkanes of at least 4 members (excludes halogenated alkanes) is 2. The van der Waals surface area contributed by atoms with E-state index >= 15 is 0 Å². The fourth-order valence-electron chi connectivity index (χ4n) is 1.94. The lowest BCUT2D eigenvalue weighted by molar-refractivity contribution is -0.142. The Balaban J connectivity index is 2.50. The quantitative estimate of drug-likeness (QED) is 0.701. The SMILES string of the molecule is O=C(O)C(CCCCCO)Cc1cccc(F)c1. The normalized spacial score (nSPS) is 12.3. The van der Waals surface area contributed by atoms with Gasteiger partial charge in [-0.15, -0.1) is 0 Å². The maximum atomic E-state index is 13.0. The number of benzene rings is 1. The van der Waals surface area contributed by atoms with Crippen molar-refractivity contribution in [1.82, 2.24) is 0 Å². The molecule has 0 aliphatic heterocycles. The standard InChI is InChI=1S/C14H19FO3/c15-13-7-4-5-11(10-13)9-12(14(17)18)6-2-1-3-8-16/h4-5,7,10,12,16H,1-3,6,8-9H2,(H,17,18). The molecule has 1 aromatic carbocycles. The van der Waals surface area contributed by atoms with Gasteiger partial charge < -0.3 is 10.2 Å². The molecule has 0 spiro atoms. The molecule has 100 valence electrons. The van der Waals surface area contributed by atoms with Crippen LogP contribution in [0.4, 0.5) is 4.39 Å². The molecule has 2 N–H and O–H groups in total. The summed E-state index contributed by atoms with van der Waals surface area (Å²) in [4.78, 5) is 11.1. The smallest absolute Gasteiger partial charge is 0.306 e. The number of carbonyl (C=O) groups is 1. The molecule has 3 nitrogen and oxygen atoms in total. The molecule has 0 aliphatic rings. The van der Waals surface area contributed by atoms with E-state index in [1.165, 1.54) is 12.1 Å². The first-order valence-corrected chi connectivity index (χ1v) is 6.21. The lowest BCUT2D eigenvalue weighted by Gasteiger charge is -2.12. The van der Waals surface area contributed by atoms with Crippen LogP contribution in [0.15, 0.2) is 24.3 Å². The Morgan fingerprint density at radius 2 is 2.06 bits per heavy atom. The molecule has 0 radical (unpaired) electrons. The predicted molar refractivity (Wildman–Crippen MR) is 66.8 cm³/mol. The summed E-state index contributed by atoms with van der Waals surface area (Å²) in [6, 6.07) is 6.06. The minimum absolute atomic E-state index is 0.141. The first kappa shape index (κ1) is 14.6. The summed E-state index contributed by atoms with van der Waals surface area (Å²) >= 11 is 0. The van der Waals surface area contributed by atoms with Gasteiger partial charge in [0.05, 0.1) is 5.92 Å². The average molecular weight is 254 g/mol. The molecule has 0 bridgehead atoms. The Labute approximate surface area is 106 Å². The van der Waals surface area contributed by atoms with E-state index in [-0.39, 0.29) is 12.4 Å². The second kappa shape index (κ2) is 7.82. The van der Waals surface area contributed by atoms with E-state index < -0.39 is 11.9 Å². The number of halogens is 1. The number of hydrogen-bond acceptors (Lipinski definition) is 2. The number of hydrogen-bond donors (Lipinski definition) is 2. The molecule has 0 saturated carbocycles. The maximum Gasteiger partial charge on any atom is 0.306 e. The van der Waals surface area contributed by atoms with E-state index in [0.29, 0.717) is 24.8 Å². The minimum atomic E-state index is -0.844. The number of aliphatic hydroxyl groups is 1. The molecule has 0 aromatic heterocycles. The fourth-order valence-corrected chi connectivity index (χ4v) is 1.94. The number of carboxylic acid groups (broad SMARTS) is 1. The van der Waals surface area contributed by atoms with Crippen LogP contribution in [0.25, 0.3) is 0 Å². The zero-order valence-corrected chi connectivity index (χ0v) is 10.3. The summed E-state index contributed by atoms with van der Waals surface area (Å²) in [5.74, 6) is -1.66. The van der Waals surface area contributed by atoms with E-state index in [4.69, 9.17) is 10.2 Å². The first-order valence-electron chi connectivity index (χ1n) is 6.21. The van der Waals surface area contributed by atoms with Crippen LogP contribution in [0, 0.1) is 11.7 Å². The van der Waals surface area contributed by atoms with Crippen molar-refractivity contribution in [1.29, 1.82) is 0 Å². The molecule has 18 heavy (non-hydrogen) atoms. The molecule has 0 aliphatic carbocycles. The second-order valence-corrected chi connectivity index (χ2v) is 4.44. The molecular weight excluding hydrogens is 235 g/mol. The molecule has 0 fully saturated rings. The lowest BCUT2D eigenvalue weighted by Crippen LogP contribution is -2.16. The monoisotopic (exact) mass is 254 g/mol. The zero-order valence-electron chi connectivity index (χ0n) is 10.3. The van der Waals surface area contributed by atoms with Crippen molar-refractivity contribution in [2.24, 2.45) is 5.92 Å². The third kappa shape index (κ3) is 5.27. The van der Waals surface area contributed by atoms with Crippen molar-refractivity contribution >= 4 is 5.97 Å². The predicted octanol–water partition coefficient (Wildman–Crippen LogP) is 2.62. The van der Waals surface area contributed by atoms with Crippen molar-refractivity contribution in [2.45, 2.75) is 32.1 Å². The van der Waals surface area contributed by atoms with Crippen LogP contribution in [-0.2, 0) is 11.2 Å². The Bertz CT molecular complexity index is 379. The molecule has 1 unspecified atom stereocenters. The number of rotatable bonds is 8. The van der Waals surface area contributed by atoms with Crippen LogP contribution in [0.3, 0.4) is 0 Å². The zero-order chi connectivity index (χ0) is 13.4. The first-order chi connectivity index (χ1) is 8.63. The van der Waals surface area contributed by atoms with E-state index in [9.17, 15) is 9.18 Å². The van der Waals surface area contributed by atoms with Crippen molar-refractivity contribution in [3.8, 4) is 0 Å². The topological polar surface area (TPSA) is 57.5 Å². The Kier molecular flexibility index (Phi) is 6.36. The highest BCUT2D eigenvalue weighted by Gasteiger charge is 2.17. The molecule has 1 rings (SSSR count). The van der Waals surface area contributed by atoms with Gasteiger partial charge in [-0.3, -0.25) is 4.79 Å². The summed E-state index contributed by atoms with van der Waals surface area (Å²) in [5, 5.41) is 17.8. The Hall–Kier alpha value is -1.42. The van der Waals surface area contributed by atoms with Crippen LogP contribution in [0.2, 0.25) is 0 Å². The van der Waals surface area contributed by atoms with Gasteiger partial charge >= 0.3 is 5.97 Å². The van der Waals surface area contributed by atoms with E-state index in [1.54, 1.807) is 12.1 Å². The molecule has 0 heterocycles. The molecular formula is C14H19FO3. The third-order valence-electron chi connectivity index (χ3n) is 2.93. The molecule has 0 saturated heterocycles. The number of aliphatic hydroxyl groups excluding tert-OH is 1. The van der Waals surface area contributed by atoms with Crippen molar-refractivity contribution in [2.75, 3.05) is 6.61 Å². The van der Waals surface area contributed by atoms with E-state index in [0.717, 1.165) is 12.8 Å². The molecule has 4 heteroatoms. The number of carboxylic acids is 1. The third-order valence-corrected chi connectivity index (χ3v) is 2.93. The Morgan fingerprint density at radius 3 is 2.67 bits per heavy atom. The summed E-state index contributed by atoms with van der Waals surface area (Å²) < 4.78 is 13.0. The summed E-state index contributed by atoms with van der Waals surface area (Å²) in [6.07, 6.45) is 3.21. The molecule has 1 atom stereocenters. The van der Waals surface area contributed by atoms with Crippen LogP contribution in [-0.4, -0.2) is 22.8 Å². The van der Waals surface area contributed by atoms with Crippen LogP contribution in [0.5, 0.6) is 0 Å². The van der Waals surface area contributed by atoms with Crippen molar-refractivity contribution < 1.29 is 19.4 Å². The lowest BCUT2D eigenvalue weighted by atomic mass is 9.94. The van der Waals surface area contributed by atoms with Crippen molar-refractivity contribution in [3.05, 3.63) is 35.6 Å². The van der Waals surface area contributed by atoms with Gasteiger partial charge in [0.15, 0.2) is 0 Å². The highest BCUT2D eigenvalue weighted by Crippen LogP contribution is 2.17. The van der Waals surface area contributed by atoms with E-state index in [2.05, 4.69) is 0 Å². The fraction of sp³-hybridized carbons (Fsp3) is 0.500. The van der Waals surface area contributed by atoms with Gasteiger partial charge in [0.2, 0.25) is 0 Å². The van der Waals surface area contributed by atoms with Gasteiger partial charge in [-0.25, -0.2) is 4.39 Å². The van der Waals surface area contributed by atoms with Gasteiger partial charge in [0.25, 0.3) is 0 Å². The van der Waals surface area contributed by atoms with Gasteiger partial charge in [-0.2, -0.15) is 0 Å². The molecule has 1 aromatic rings. The van der Waals surface area contributed by atoms with Gasteiger partial charge in [-0.1, -0.05) is 25.0 Å². The number of aliphatic carboxylic acids is 1. The van der Waals surface area contributed by atoms with Crippen LogP contribution >= 0.6 is 0 Å². The van der Waals surface area contributed by atoms with Crippen LogP contribution in [0.1, 0.15) is 31.2 Å². The van der Waals surface area contributed by atoms with Gasteiger partial charge in [0.1, 0.15) is 5.82 Å². The van der Waals surface area contributed by atoms with Gasteiger partial charge in [0, 0.05) is 6.61 Å². The largest absolute Gasteiger partial charge is 0.481 e. The van der Waals surface area contributed by atoms with Crippen LogP contribution < -0.4 is 0 Å². The Morgan fingerprint density at radius 1 is 1.28 bits per heavy atom. The maximum absolute atomic E-state index is 13.0. The summed E-state index contributed by atoms with van der Waals surface area (Å²) in [5.41, 5.74) is 0.713. The summed E-state index contributed by atoms with van der Waals surface area (Å²) in [7, 11) is 0. The van der Waals surface area contributed by atoms with E-state index in [1.807, 2.05) is 0 Å². The summed E-state index contributed by atoms with van der Waals surface area (Å²) in [6.45, 7) is 0.141. The molecule has 0 amide bonds. The van der Waals surface area contributed by atoms with Gasteiger partial charge in [-0.05, 0) is 37.0 Å². The minimum Gasteiger partial charge on any atom is -0.481 e.